The van der Waals surface area contributed by atoms with Gasteiger partial charge in [0, 0.05) is 30.4 Å². The standard InChI is InChI=1S/C16H22N2S/c17-9-10-18(14-5-1-2-6-14)11-13-12-19-16-8-4-3-7-15(13)16/h3-4,7-8,12,14H,1-2,5-6,9-11,17H2. The van der Waals surface area contributed by atoms with Crippen LogP contribution in [0.5, 0.6) is 0 Å². The fourth-order valence-electron chi connectivity index (χ4n) is 3.20. The lowest BCUT2D eigenvalue weighted by atomic mass is 10.1. The number of hydrogen-bond acceptors (Lipinski definition) is 3. The Kier molecular flexibility index (Phi) is 4.16. The summed E-state index contributed by atoms with van der Waals surface area (Å²) >= 11 is 1.86. The minimum absolute atomic E-state index is 0.752. The maximum atomic E-state index is 5.80. The van der Waals surface area contributed by atoms with Crippen LogP contribution in [-0.4, -0.2) is 24.0 Å². The van der Waals surface area contributed by atoms with Gasteiger partial charge < -0.3 is 5.73 Å². The number of nitrogens with two attached hydrogens (primary N) is 1. The predicted molar refractivity (Wildman–Crippen MR) is 83.5 cm³/mol. The summed E-state index contributed by atoms with van der Waals surface area (Å²) in [6.07, 6.45) is 5.47. The molecule has 0 saturated heterocycles. The number of hydrogen-bond donors (Lipinski definition) is 1. The average molecular weight is 274 g/mol. The molecular formula is C16H22N2S. The van der Waals surface area contributed by atoms with E-state index in [1.54, 1.807) is 0 Å². The Hall–Kier alpha value is -0.900. The van der Waals surface area contributed by atoms with Crippen molar-refractivity contribution in [3.8, 4) is 0 Å². The molecule has 0 atom stereocenters. The van der Waals surface area contributed by atoms with Gasteiger partial charge in [-0.2, -0.15) is 0 Å². The van der Waals surface area contributed by atoms with Crippen molar-refractivity contribution >= 4 is 21.4 Å². The van der Waals surface area contributed by atoms with E-state index >= 15 is 0 Å². The monoisotopic (exact) mass is 274 g/mol. The van der Waals surface area contributed by atoms with E-state index in [1.165, 1.54) is 41.3 Å². The third-order valence-corrected chi connectivity index (χ3v) is 5.20. The molecule has 19 heavy (non-hydrogen) atoms. The minimum Gasteiger partial charge on any atom is -0.329 e. The Balaban J connectivity index is 1.80. The lowest BCUT2D eigenvalue weighted by Crippen LogP contribution is -2.36. The molecule has 2 N–H and O–H groups in total. The highest BCUT2D eigenvalue weighted by Gasteiger charge is 2.22. The molecule has 1 fully saturated rings. The molecule has 0 amide bonds. The highest BCUT2D eigenvalue weighted by molar-refractivity contribution is 7.17. The van der Waals surface area contributed by atoms with Gasteiger partial charge in [-0.15, -0.1) is 11.3 Å². The summed E-state index contributed by atoms with van der Waals surface area (Å²) in [7, 11) is 0. The molecule has 1 saturated carbocycles. The summed E-state index contributed by atoms with van der Waals surface area (Å²) in [5.74, 6) is 0. The fraction of sp³-hybridized carbons (Fsp3) is 0.500. The summed E-state index contributed by atoms with van der Waals surface area (Å²) in [5.41, 5.74) is 7.27. The van der Waals surface area contributed by atoms with Gasteiger partial charge in [0.15, 0.2) is 0 Å². The van der Waals surface area contributed by atoms with E-state index < -0.39 is 0 Å². The van der Waals surface area contributed by atoms with Gasteiger partial charge in [0.1, 0.15) is 0 Å². The lowest BCUT2D eigenvalue weighted by molar-refractivity contribution is 0.196. The molecule has 0 radical (unpaired) electrons. The maximum absolute atomic E-state index is 5.80. The highest BCUT2D eigenvalue weighted by Crippen LogP contribution is 2.29. The number of benzene rings is 1. The fourth-order valence-corrected chi connectivity index (χ4v) is 4.15. The molecule has 3 rings (SSSR count). The molecule has 0 spiro atoms. The van der Waals surface area contributed by atoms with E-state index in [9.17, 15) is 0 Å². The van der Waals surface area contributed by atoms with Gasteiger partial charge in [0.2, 0.25) is 0 Å². The highest BCUT2D eigenvalue weighted by atomic mass is 32.1. The lowest BCUT2D eigenvalue weighted by Gasteiger charge is -2.28. The molecule has 1 aromatic carbocycles. The van der Waals surface area contributed by atoms with Gasteiger partial charge in [0.05, 0.1) is 0 Å². The van der Waals surface area contributed by atoms with Crippen molar-refractivity contribution < 1.29 is 0 Å². The van der Waals surface area contributed by atoms with E-state index in [2.05, 4.69) is 34.5 Å². The van der Waals surface area contributed by atoms with Crippen LogP contribution in [0.25, 0.3) is 10.1 Å². The zero-order chi connectivity index (χ0) is 13.1. The Morgan fingerprint density at radius 3 is 2.79 bits per heavy atom. The minimum atomic E-state index is 0.752. The molecule has 3 heteroatoms. The smallest absolute Gasteiger partial charge is 0.0346 e. The van der Waals surface area contributed by atoms with Crippen molar-refractivity contribution in [1.29, 1.82) is 0 Å². The second-order valence-electron chi connectivity index (χ2n) is 5.45. The molecule has 0 unspecified atom stereocenters. The van der Waals surface area contributed by atoms with Gasteiger partial charge in [-0.25, -0.2) is 0 Å². The zero-order valence-corrected chi connectivity index (χ0v) is 12.2. The summed E-state index contributed by atoms with van der Waals surface area (Å²) in [4.78, 5) is 2.60. The second-order valence-corrected chi connectivity index (χ2v) is 6.37. The normalized spacial score (nSPS) is 16.7. The number of thiophene rings is 1. The first-order chi connectivity index (χ1) is 9.38. The van der Waals surface area contributed by atoms with Crippen molar-refractivity contribution in [3.63, 3.8) is 0 Å². The molecule has 0 bridgehead atoms. The molecule has 1 aromatic heterocycles. The topological polar surface area (TPSA) is 29.3 Å². The molecule has 102 valence electrons. The van der Waals surface area contributed by atoms with Crippen molar-refractivity contribution in [2.45, 2.75) is 38.3 Å². The van der Waals surface area contributed by atoms with Crippen LogP contribution in [0.1, 0.15) is 31.2 Å². The second kappa shape index (κ2) is 6.04. The Morgan fingerprint density at radius 2 is 2.00 bits per heavy atom. The van der Waals surface area contributed by atoms with Gasteiger partial charge in [-0.3, -0.25) is 4.90 Å². The largest absolute Gasteiger partial charge is 0.329 e. The quantitative estimate of drug-likeness (QED) is 0.902. The maximum Gasteiger partial charge on any atom is 0.0346 e. The first-order valence-electron chi connectivity index (χ1n) is 7.27. The summed E-state index contributed by atoms with van der Waals surface area (Å²) in [6, 6.07) is 9.48. The van der Waals surface area contributed by atoms with Crippen molar-refractivity contribution in [2.75, 3.05) is 13.1 Å². The molecule has 1 aliphatic carbocycles. The Morgan fingerprint density at radius 1 is 1.21 bits per heavy atom. The van der Waals surface area contributed by atoms with Crippen molar-refractivity contribution in [1.82, 2.24) is 4.90 Å². The van der Waals surface area contributed by atoms with Crippen LogP contribution < -0.4 is 5.73 Å². The summed E-state index contributed by atoms with van der Waals surface area (Å²) in [5, 5.41) is 3.75. The Labute approximate surface area is 119 Å². The van der Waals surface area contributed by atoms with Gasteiger partial charge in [-0.05, 0) is 35.2 Å². The van der Waals surface area contributed by atoms with Crippen LogP contribution in [0.3, 0.4) is 0 Å². The molecule has 2 nitrogen and oxygen atoms in total. The van der Waals surface area contributed by atoms with E-state index in [-0.39, 0.29) is 0 Å². The number of fused-ring (bicyclic) bond motifs is 1. The third kappa shape index (κ3) is 2.83. The van der Waals surface area contributed by atoms with Crippen molar-refractivity contribution in [3.05, 3.63) is 35.2 Å². The van der Waals surface area contributed by atoms with E-state index in [1.807, 2.05) is 11.3 Å². The number of nitrogens with zero attached hydrogens (tertiary/aromatic N) is 1. The van der Waals surface area contributed by atoms with Crippen LogP contribution in [0.15, 0.2) is 29.6 Å². The molecule has 0 aliphatic heterocycles. The molecular weight excluding hydrogens is 252 g/mol. The zero-order valence-electron chi connectivity index (χ0n) is 11.3. The molecule has 1 heterocycles. The average Bonchev–Trinajstić information content (AvgIpc) is 3.08. The van der Waals surface area contributed by atoms with Crippen molar-refractivity contribution in [2.24, 2.45) is 5.73 Å². The van der Waals surface area contributed by atoms with Crippen LogP contribution in [-0.2, 0) is 6.54 Å². The van der Waals surface area contributed by atoms with Crippen LogP contribution in [0.4, 0.5) is 0 Å². The van der Waals surface area contributed by atoms with E-state index in [4.69, 9.17) is 5.73 Å². The SMILES string of the molecule is NCCN(Cc1csc2ccccc12)C1CCCC1. The first-order valence-corrected chi connectivity index (χ1v) is 8.15. The van der Waals surface area contributed by atoms with E-state index in [0.717, 1.165) is 25.7 Å². The van der Waals surface area contributed by atoms with Crippen LogP contribution >= 0.6 is 11.3 Å². The number of rotatable bonds is 5. The van der Waals surface area contributed by atoms with Crippen LogP contribution in [0, 0.1) is 0 Å². The Bertz CT molecular complexity index is 528. The van der Waals surface area contributed by atoms with Gasteiger partial charge >= 0.3 is 0 Å². The van der Waals surface area contributed by atoms with Crippen LogP contribution in [0.2, 0.25) is 0 Å². The first kappa shape index (κ1) is 13.1. The molecule has 2 aromatic rings. The van der Waals surface area contributed by atoms with Gasteiger partial charge in [0.25, 0.3) is 0 Å². The predicted octanol–water partition coefficient (Wildman–Crippen LogP) is 3.60. The molecule has 1 aliphatic rings. The summed E-state index contributed by atoms with van der Waals surface area (Å²) < 4.78 is 1.40. The van der Waals surface area contributed by atoms with E-state index in [0.29, 0.717) is 0 Å². The van der Waals surface area contributed by atoms with Gasteiger partial charge in [-0.1, -0.05) is 31.0 Å². The third-order valence-electron chi connectivity index (χ3n) is 4.19. The summed E-state index contributed by atoms with van der Waals surface area (Å²) in [6.45, 7) is 2.85.